The topological polar surface area (TPSA) is 112 Å². The van der Waals surface area contributed by atoms with Crippen molar-refractivity contribution in [1.82, 2.24) is 4.90 Å². The SMILES string of the molecule is Cc1cc(S(=O)(=O)[C@]2(c3ccc(C(F)(C(F)(F)F)C(F)(F)F)cc3)CCN(C(=O)C3(O)CCC(C(=O)O)CC3)C2)ccc1F. The second-order valence-electron chi connectivity index (χ2n) is 11.3. The summed E-state index contributed by atoms with van der Waals surface area (Å²) >= 11 is 0. The molecule has 0 unspecified atom stereocenters. The number of carbonyl (C=O) groups excluding carboxylic acids is 1. The first-order valence-electron chi connectivity index (χ1n) is 13.3. The van der Waals surface area contributed by atoms with Crippen LogP contribution in [0.5, 0.6) is 0 Å². The number of nitrogens with zero attached hydrogens (tertiary/aromatic N) is 1. The maximum absolute atomic E-state index is 14.7. The van der Waals surface area contributed by atoms with Crippen LogP contribution in [0.3, 0.4) is 0 Å². The fourth-order valence-corrected chi connectivity index (χ4v) is 8.08. The van der Waals surface area contributed by atoms with E-state index in [4.69, 9.17) is 0 Å². The molecule has 1 aliphatic heterocycles. The largest absolute Gasteiger partial charge is 0.481 e. The number of aliphatic hydroxyl groups is 1. The summed E-state index contributed by atoms with van der Waals surface area (Å²) in [6.07, 6.45) is -13.9. The van der Waals surface area contributed by atoms with Crippen molar-refractivity contribution in [3.8, 4) is 0 Å². The predicted molar refractivity (Wildman–Crippen MR) is 137 cm³/mol. The molecule has 0 radical (unpaired) electrons. The van der Waals surface area contributed by atoms with Crippen LogP contribution in [0.4, 0.5) is 35.1 Å². The lowest BCUT2D eigenvalue weighted by atomic mass is 9.78. The minimum Gasteiger partial charge on any atom is -0.481 e. The Balaban J connectivity index is 1.79. The number of likely N-dealkylation sites (tertiary alicyclic amines) is 1. The minimum absolute atomic E-state index is 0.0471. The number of benzene rings is 2. The molecule has 16 heteroatoms. The van der Waals surface area contributed by atoms with Gasteiger partial charge in [0.2, 0.25) is 0 Å². The Kier molecular flexibility index (Phi) is 8.38. The first kappa shape index (κ1) is 33.6. The van der Waals surface area contributed by atoms with Crippen molar-refractivity contribution in [2.45, 2.75) is 72.3 Å². The quantitative estimate of drug-likeness (QED) is 0.321. The molecule has 242 valence electrons. The summed E-state index contributed by atoms with van der Waals surface area (Å²) < 4.78 is 135. The molecule has 1 saturated carbocycles. The van der Waals surface area contributed by atoms with E-state index in [9.17, 15) is 63.3 Å². The van der Waals surface area contributed by atoms with Gasteiger partial charge in [0, 0.05) is 18.7 Å². The van der Waals surface area contributed by atoms with Crippen molar-refractivity contribution in [2.75, 3.05) is 13.1 Å². The van der Waals surface area contributed by atoms with Crippen molar-refractivity contribution >= 4 is 21.7 Å². The number of hydrogen-bond donors (Lipinski definition) is 2. The van der Waals surface area contributed by atoms with E-state index in [-0.39, 0.29) is 55.5 Å². The highest BCUT2D eigenvalue weighted by Gasteiger charge is 2.73. The molecule has 2 aliphatic rings. The molecule has 44 heavy (non-hydrogen) atoms. The van der Waals surface area contributed by atoms with Crippen molar-refractivity contribution in [3.63, 3.8) is 0 Å². The summed E-state index contributed by atoms with van der Waals surface area (Å²) in [5, 5.41) is 20.3. The Morgan fingerprint density at radius 1 is 0.909 bits per heavy atom. The molecule has 1 heterocycles. The van der Waals surface area contributed by atoms with Gasteiger partial charge < -0.3 is 15.1 Å². The lowest BCUT2D eigenvalue weighted by molar-refractivity contribution is -0.348. The van der Waals surface area contributed by atoms with Gasteiger partial charge in [-0.3, -0.25) is 9.59 Å². The van der Waals surface area contributed by atoms with Crippen LogP contribution in [0, 0.1) is 18.7 Å². The third kappa shape index (κ3) is 5.33. The number of hydrogen-bond acceptors (Lipinski definition) is 5. The van der Waals surface area contributed by atoms with Gasteiger partial charge in [-0.15, -0.1) is 0 Å². The summed E-state index contributed by atoms with van der Waals surface area (Å²) in [6.45, 7) is 0.217. The number of aryl methyl sites for hydroxylation is 1. The zero-order chi connectivity index (χ0) is 33.1. The maximum Gasteiger partial charge on any atom is 0.435 e. The van der Waals surface area contributed by atoms with Gasteiger partial charge in [-0.1, -0.05) is 24.3 Å². The molecule has 1 atom stereocenters. The zero-order valence-electron chi connectivity index (χ0n) is 23.0. The number of carboxylic acid groups (broad SMARTS) is 1. The van der Waals surface area contributed by atoms with E-state index in [2.05, 4.69) is 0 Å². The van der Waals surface area contributed by atoms with Gasteiger partial charge in [0.25, 0.3) is 5.91 Å². The number of amides is 1. The van der Waals surface area contributed by atoms with Crippen molar-refractivity contribution in [3.05, 3.63) is 65.0 Å². The monoisotopic (exact) mass is 657 g/mol. The fourth-order valence-electron chi connectivity index (χ4n) is 5.92. The molecule has 2 N–H and O–H groups in total. The molecule has 1 aliphatic carbocycles. The predicted octanol–water partition coefficient (Wildman–Crippen LogP) is 5.33. The van der Waals surface area contributed by atoms with Crippen LogP contribution < -0.4 is 0 Å². The number of halogens is 8. The van der Waals surface area contributed by atoms with Crippen LogP contribution >= 0.6 is 0 Å². The van der Waals surface area contributed by atoms with Crippen LogP contribution in [-0.4, -0.2) is 66.5 Å². The van der Waals surface area contributed by atoms with Crippen molar-refractivity contribution in [2.24, 2.45) is 5.92 Å². The number of aliphatic carboxylic acids is 1. The van der Waals surface area contributed by atoms with Crippen LogP contribution in [0.25, 0.3) is 0 Å². The van der Waals surface area contributed by atoms with E-state index < -0.39 is 85.2 Å². The highest BCUT2D eigenvalue weighted by Crippen LogP contribution is 2.54. The van der Waals surface area contributed by atoms with E-state index in [1.54, 1.807) is 0 Å². The van der Waals surface area contributed by atoms with Crippen LogP contribution in [0.15, 0.2) is 47.4 Å². The number of carbonyl (C=O) groups is 2. The number of sulfone groups is 1. The second-order valence-corrected chi connectivity index (χ2v) is 13.5. The second kappa shape index (κ2) is 11.0. The fraction of sp³-hybridized carbons (Fsp3) is 0.500. The highest BCUT2D eigenvalue weighted by molar-refractivity contribution is 7.92. The Bertz CT molecular complexity index is 1540. The lowest BCUT2D eigenvalue weighted by Gasteiger charge is -2.37. The molecule has 0 spiro atoms. The van der Waals surface area contributed by atoms with Crippen molar-refractivity contribution in [1.29, 1.82) is 0 Å². The third-order valence-electron chi connectivity index (χ3n) is 8.62. The highest BCUT2D eigenvalue weighted by atomic mass is 32.2. The van der Waals surface area contributed by atoms with Crippen LogP contribution in [0.1, 0.15) is 48.8 Å². The van der Waals surface area contributed by atoms with Crippen molar-refractivity contribution < 1.29 is 63.3 Å². The Morgan fingerprint density at radius 3 is 1.93 bits per heavy atom. The summed E-state index contributed by atoms with van der Waals surface area (Å²) in [5.74, 6) is -3.61. The molecule has 7 nitrogen and oxygen atoms in total. The zero-order valence-corrected chi connectivity index (χ0v) is 23.8. The number of rotatable bonds is 6. The summed E-state index contributed by atoms with van der Waals surface area (Å²) in [7, 11) is -4.69. The molecule has 2 fully saturated rings. The number of carboxylic acids is 1. The Labute approximate surface area is 246 Å². The molecule has 4 rings (SSSR count). The van der Waals surface area contributed by atoms with Crippen LogP contribution in [-0.2, 0) is 29.8 Å². The maximum atomic E-state index is 14.7. The van der Waals surface area contributed by atoms with Gasteiger partial charge in [-0.25, -0.2) is 17.2 Å². The molecule has 2 aromatic carbocycles. The van der Waals surface area contributed by atoms with Gasteiger partial charge in [0.1, 0.15) is 16.2 Å². The molecular formula is C28H27F8NO6S. The smallest absolute Gasteiger partial charge is 0.435 e. The Morgan fingerprint density at radius 2 is 1.45 bits per heavy atom. The standard InChI is InChI=1S/C28H27F8NO6S/c1-16-14-20(6-7-21(16)29)44(42,43)25(18-2-4-19(5-3-18)26(30,27(31,32)33)28(34,35)36)12-13-37(15-25)23(40)24(41)10-8-17(9-11-24)22(38)39/h2-7,14,17,41H,8-13,15H2,1H3,(H,38,39)/t17?,24?,25-/m1/s1. The lowest BCUT2D eigenvalue weighted by Crippen LogP contribution is -2.52. The van der Waals surface area contributed by atoms with Gasteiger partial charge in [-0.05, 0) is 68.4 Å². The molecule has 1 amide bonds. The summed E-state index contributed by atoms with van der Waals surface area (Å²) in [6, 6.07) is 4.31. The van der Waals surface area contributed by atoms with Crippen LogP contribution in [0.2, 0.25) is 0 Å². The molecule has 0 bridgehead atoms. The molecule has 2 aromatic rings. The summed E-state index contributed by atoms with van der Waals surface area (Å²) in [4.78, 5) is 25.3. The normalized spacial score (nSPS) is 25.2. The van der Waals surface area contributed by atoms with Gasteiger partial charge >= 0.3 is 24.0 Å². The van der Waals surface area contributed by atoms with Gasteiger partial charge in [-0.2, -0.15) is 26.3 Å². The van der Waals surface area contributed by atoms with E-state index in [0.29, 0.717) is 12.1 Å². The van der Waals surface area contributed by atoms with E-state index in [1.807, 2.05) is 0 Å². The molecular weight excluding hydrogens is 630 g/mol. The minimum atomic E-state index is -6.41. The Hall–Kier alpha value is -3.27. The average Bonchev–Trinajstić information content (AvgIpc) is 3.40. The summed E-state index contributed by atoms with van der Waals surface area (Å²) in [5.41, 5.74) is -10.1. The first-order chi connectivity index (χ1) is 20.1. The third-order valence-corrected chi connectivity index (χ3v) is 11.1. The van der Waals surface area contributed by atoms with Gasteiger partial charge in [0.15, 0.2) is 9.84 Å². The van der Waals surface area contributed by atoms with Gasteiger partial charge in [0.05, 0.1) is 10.8 Å². The molecule has 1 saturated heterocycles. The number of alkyl halides is 7. The first-order valence-corrected chi connectivity index (χ1v) is 14.8. The average molecular weight is 658 g/mol. The van der Waals surface area contributed by atoms with E-state index >= 15 is 0 Å². The molecule has 0 aromatic heterocycles. The van der Waals surface area contributed by atoms with E-state index in [0.717, 1.165) is 23.1 Å². The van der Waals surface area contributed by atoms with E-state index in [1.165, 1.54) is 6.92 Å².